The van der Waals surface area contributed by atoms with Gasteiger partial charge in [0.2, 0.25) is 6.10 Å². The van der Waals surface area contributed by atoms with Gasteiger partial charge < -0.3 is 10.2 Å². The van der Waals surface area contributed by atoms with Crippen LogP contribution < -0.4 is 5.32 Å². The molecule has 1 atom stereocenters. The van der Waals surface area contributed by atoms with Crippen molar-refractivity contribution >= 4 is 23.1 Å². The van der Waals surface area contributed by atoms with Gasteiger partial charge in [-0.3, -0.25) is 9.59 Å². The number of rotatable bonds is 4. The number of nitrogens with zero attached hydrogens (tertiary/aromatic N) is 1. The third-order valence-electron chi connectivity index (χ3n) is 3.68. The molecule has 2 aromatic rings. The van der Waals surface area contributed by atoms with Gasteiger partial charge in [0.15, 0.2) is 5.78 Å². The van der Waals surface area contributed by atoms with Gasteiger partial charge in [-0.15, -0.1) is 0 Å². The molecule has 1 aliphatic heterocycles. The topological polar surface area (TPSA) is 67.8 Å². The molecule has 1 aliphatic rings. The lowest BCUT2D eigenvalue weighted by molar-refractivity contribution is -0.125. The van der Waals surface area contributed by atoms with Gasteiger partial charge in [-0.2, -0.15) is 0 Å². The van der Waals surface area contributed by atoms with Crippen LogP contribution in [0.2, 0.25) is 0 Å². The fourth-order valence-corrected chi connectivity index (χ4v) is 2.41. The Morgan fingerprint density at radius 3 is 2.75 bits per heavy atom. The van der Waals surface area contributed by atoms with Gasteiger partial charge in [0.25, 0.3) is 5.91 Å². The van der Waals surface area contributed by atoms with Crippen LogP contribution in [-0.4, -0.2) is 23.5 Å². The maximum absolute atomic E-state index is 13.8. The molecule has 0 fully saturated rings. The molecule has 0 aliphatic carbocycles. The minimum absolute atomic E-state index is 0.0895. The third kappa shape index (κ3) is 3.32. The molecule has 6 heteroatoms. The standard InChI is InChI=1S/C18H15FN2O3/c1-11(22)12-5-4-6-13(9-12)20-18(23)17-10-16(21-24-17)14-7-2-3-8-15(14)19/h2-9,17H,10H2,1H3,(H,20,23)/t17-/m0/s1. The summed E-state index contributed by atoms with van der Waals surface area (Å²) in [6, 6.07) is 12.8. The van der Waals surface area contributed by atoms with Crippen molar-refractivity contribution in [3.8, 4) is 0 Å². The molecule has 0 saturated carbocycles. The van der Waals surface area contributed by atoms with Crippen LogP contribution in [0.3, 0.4) is 0 Å². The van der Waals surface area contributed by atoms with Gasteiger partial charge in [0.1, 0.15) is 5.82 Å². The Labute approximate surface area is 138 Å². The molecule has 0 spiro atoms. The minimum atomic E-state index is -0.833. The van der Waals surface area contributed by atoms with Crippen LogP contribution in [-0.2, 0) is 9.63 Å². The summed E-state index contributed by atoms with van der Waals surface area (Å²) in [6.45, 7) is 1.45. The monoisotopic (exact) mass is 326 g/mol. The smallest absolute Gasteiger partial charge is 0.268 e. The number of hydrogen-bond acceptors (Lipinski definition) is 4. The van der Waals surface area contributed by atoms with Crippen molar-refractivity contribution in [2.45, 2.75) is 19.4 Å². The third-order valence-corrected chi connectivity index (χ3v) is 3.68. The Morgan fingerprint density at radius 2 is 2.00 bits per heavy atom. The Hall–Kier alpha value is -3.02. The van der Waals surface area contributed by atoms with Crippen molar-refractivity contribution in [1.82, 2.24) is 0 Å². The first kappa shape index (κ1) is 15.9. The Bertz CT molecular complexity index is 833. The molecule has 0 bridgehead atoms. The summed E-state index contributed by atoms with van der Waals surface area (Å²) < 4.78 is 13.8. The molecular weight excluding hydrogens is 311 g/mol. The number of Topliss-reactive ketones (excluding diaryl/α,β-unsaturated/α-hetero) is 1. The summed E-state index contributed by atoms with van der Waals surface area (Å²) >= 11 is 0. The maximum Gasteiger partial charge on any atom is 0.268 e. The van der Waals surface area contributed by atoms with Gasteiger partial charge in [-0.25, -0.2) is 4.39 Å². The zero-order chi connectivity index (χ0) is 17.1. The highest BCUT2D eigenvalue weighted by Crippen LogP contribution is 2.20. The van der Waals surface area contributed by atoms with E-state index in [2.05, 4.69) is 10.5 Å². The van der Waals surface area contributed by atoms with Gasteiger partial charge in [0, 0.05) is 23.2 Å². The van der Waals surface area contributed by atoms with Crippen LogP contribution >= 0.6 is 0 Å². The van der Waals surface area contributed by atoms with Crippen molar-refractivity contribution < 1.29 is 18.8 Å². The van der Waals surface area contributed by atoms with E-state index in [0.717, 1.165) is 0 Å². The van der Waals surface area contributed by atoms with Crippen LogP contribution in [0.4, 0.5) is 10.1 Å². The second-order valence-corrected chi connectivity index (χ2v) is 5.44. The number of halogens is 1. The lowest BCUT2D eigenvalue weighted by Crippen LogP contribution is -2.28. The van der Waals surface area contributed by atoms with E-state index in [9.17, 15) is 14.0 Å². The highest BCUT2D eigenvalue weighted by Gasteiger charge is 2.30. The molecule has 3 rings (SSSR count). The molecule has 1 heterocycles. The molecule has 1 N–H and O–H groups in total. The summed E-state index contributed by atoms with van der Waals surface area (Å²) in [5.41, 5.74) is 1.72. The zero-order valence-electron chi connectivity index (χ0n) is 13.0. The number of carbonyl (C=O) groups excluding carboxylic acids is 2. The average molecular weight is 326 g/mol. The normalized spacial score (nSPS) is 16.2. The number of oxime groups is 1. The first-order valence-corrected chi connectivity index (χ1v) is 7.44. The van der Waals surface area contributed by atoms with Gasteiger partial charge in [-0.05, 0) is 25.1 Å². The van der Waals surface area contributed by atoms with Gasteiger partial charge in [-0.1, -0.05) is 35.5 Å². The van der Waals surface area contributed by atoms with E-state index in [1.807, 2.05) is 0 Å². The summed E-state index contributed by atoms with van der Waals surface area (Å²) in [5, 5.41) is 6.50. The second kappa shape index (κ2) is 6.62. The second-order valence-electron chi connectivity index (χ2n) is 5.44. The fraction of sp³-hybridized carbons (Fsp3) is 0.167. The van der Waals surface area contributed by atoms with E-state index in [-0.39, 0.29) is 12.2 Å². The zero-order valence-corrected chi connectivity index (χ0v) is 13.0. The van der Waals surface area contributed by atoms with Gasteiger partial charge in [0.05, 0.1) is 5.71 Å². The molecule has 0 saturated heterocycles. The average Bonchev–Trinajstić information content (AvgIpc) is 3.05. The Kier molecular flexibility index (Phi) is 4.37. The molecule has 0 unspecified atom stereocenters. The largest absolute Gasteiger partial charge is 0.382 e. The van der Waals surface area contributed by atoms with Crippen molar-refractivity contribution in [3.05, 3.63) is 65.5 Å². The van der Waals surface area contributed by atoms with E-state index < -0.39 is 17.8 Å². The van der Waals surface area contributed by atoms with Crippen LogP contribution in [0.5, 0.6) is 0 Å². The van der Waals surface area contributed by atoms with E-state index in [0.29, 0.717) is 22.5 Å². The maximum atomic E-state index is 13.8. The minimum Gasteiger partial charge on any atom is -0.382 e. The van der Waals surface area contributed by atoms with Gasteiger partial charge >= 0.3 is 0 Å². The number of carbonyl (C=O) groups is 2. The summed E-state index contributed by atoms with van der Waals surface area (Å²) in [6.07, 6.45) is -0.653. The Balaban J connectivity index is 1.67. The number of amides is 1. The summed E-state index contributed by atoms with van der Waals surface area (Å²) in [4.78, 5) is 28.8. The number of hydrogen-bond donors (Lipinski definition) is 1. The SMILES string of the molecule is CC(=O)c1cccc(NC(=O)[C@@H]2CC(c3ccccc3F)=NO2)c1. The van der Waals surface area contributed by atoms with Crippen LogP contribution in [0, 0.1) is 5.82 Å². The highest BCUT2D eigenvalue weighted by atomic mass is 19.1. The predicted molar refractivity (Wildman–Crippen MR) is 87.5 cm³/mol. The predicted octanol–water partition coefficient (Wildman–Crippen LogP) is 3.16. The fourth-order valence-electron chi connectivity index (χ4n) is 2.41. The lowest BCUT2D eigenvalue weighted by Gasteiger charge is -2.10. The molecule has 122 valence electrons. The van der Waals surface area contributed by atoms with Crippen LogP contribution in [0.1, 0.15) is 29.3 Å². The quantitative estimate of drug-likeness (QED) is 0.878. The number of anilines is 1. The van der Waals surface area contributed by atoms with E-state index in [1.165, 1.54) is 13.0 Å². The molecule has 0 aromatic heterocycles. The van der Waals surface area contributed by atoms with Crippen molar-refractivity contribution in [2.24, 2.45) is 5.16 Å². The van der Waals surface area contributed by atoms with Crippen molar-refractivity contribution in [2.75, 3.05) is 5.32 Å². The molecule has 1 amide bonds. The highest BCUT2D eigenvalue weighted by molar-refractivity contribution is 6.06. The van der Waals surface area contributed by atoms with Crippen LogP contribution in [0.15, 0.2) is 53.7 Å². The molecular formula is C18H15FN2O3. The Morgan fingerprint density at radius 1 is 1.21 bits per heavy atom. The number of ketones is 1. The van der Waals surface area contributed by atoms with E-state index in [4.69, 9.17) is 4.84 Å². The van der Waals surface area contributed by atoms with E-state index in [1.54, 1.807) is 42.5 Å². The summed E-state index contributed by atoms with van der Waals surface area (Å²) in [7, 11) is 0. The van der Waals surface area contributed by atoms with Crippen LogP contribution in [0.25, 0.3) is 0 Å². The van der Waals surface area contributed by atoms with Crippen molar-refractivity contribution in [3.63, 3.8) is 0 Å². The van der Waals surface area contributed by atoms with Crippen molar-refractivity contribution in [1.29, 1.82) is 0 Å². The first-order chi connectivity index (χ1) is 11.5. The summed E-state index contributed by atoms with van der Waals surface area (Å²) in [5.74, 6) is -0.894. The molecule has 2 aromatic carbocycles. The van der Waals surface area contributed by atoms with E-state index >= 15 is 0 Å². The molecule has 24 heavy (non-hydrogen) atoms. The number of nitrogens with one attached hydrogen (secondary N) is 1. The number of benzene rings is 2. The molecule has 5 nitrogen and oxygen atoms in total. The lowest BCUT2D eigenvalue weighted by atomic mass is 10.0. The molecule has 0 radical (unpaired) electrons. The first-order valence-electron chi connectivity index (χ1n) is 7.44.